The van der Waals surface area contributed by atoms with Gasteiger partial charge in [0.2, 0.25) is 31.3 Å². The van der Waals surface area contributed by atoms with Crippen molar-refractivity contribution in [3.05, 3.63) is 218 Å². The predicted octanol–water partition coefficient (Wildman–Crippen LogP) is 9.31. The Morgan fingerprint density at radius 3 is 1.05 bits per heavy atom. The van der Waals surface area contributed by atoms with Gasteiger partial charge < -0.3 is 45.1 Å². The lowest BCUT2D eigenvalue weighted by Crippen LogP contribution is -2.56. The fourth-order valence-corrected chi connectivity index (χ4v) is 17.7. The average Bonchev–Trinajstić information content (AvgIpc) is 1.49. The highest BCUT2D eigenvalue weighted by Crippen LogP contribution is 2.43. The molecule has 1 aliphatic rings. The number of rotatable bonds is 29. The Kier molecular flexibility index (Phi) is 29.3. The monoisotopic (exact) mass is 2030 g/mol. The van der Waals surface area contributed by atoms with Crippen molar-refractivity contribution in [2.75, 3.05) is 47.7 Å². The number of aromatic nitrogens is 20. The van der Waals surface area contributed by atoms with Gasteiger partial charge in [0.15, 0.2) is 42.3 Å². The van der Waals surface area contributed by atoms with Crippen molar-refractivity contribution >= 4 is 114 Å². The Labute approximate surface area is 788 Å². The summed E-state index contributed by atoms with van der Waals surface area (Å²) in [5.41, 5.74) is -1.20. The van der Waals surface area contributed by atoms with Crippen LogP contribution in [0, 0.1) is 22.7 Å². The number of alkyl halides is 9. The highest BCUT2D eigenvalue weighted by Gasteiger charge is 2.41. The Morgan fingerprint density at radius 2 is 0.738 bits per heavy atom. The Hall–Kier alpha value is -17.1. The van der Waals surface area contributed by atoms with Crippen LogP contribution in [0.4, 0.5) is 62.3 Å². The number of fused-ring (bicyclic) bond motifs is 4. The topological polar surface area (TPSA) is 562 Å². The van der Waals surface area contributed by atoms with E-state index in [2.05, 4.69) is 106 Å². The van der Waals surface area contributed by atoms with Gasteiger partial charge in [0.05, 0.1) is 91.7 Å². The molecular weight excluding hydrogens is 1960 g/mol. The van der Waals surface area contributed by atoms with Crippen LogP contribution >= 0.6 is 0 Å². The lowest BCUT2D eigenvalue weighted by atomic mass is 10.1. The number of carbonyl (C=O) groups is 5. The van der Waals surface area contributed by atoms with Crippen molar-refractivity contribution in [3.63, 3.8) is 0 Å². The molecule has 5 amide bonds. The van der Waals surface area contributed by atoms with Crippen LogP contribution in [0.5, 0.6) is 23.0 Å². The van der Waals surface area contributed by atoms with Crippen LogP contribution in [-0.4, -0.2) is 229 Å². The van der Waals surface area contributed by atoms with E-state index in [1.807, 2.05) is 12.1 Å². The van der Waals surface area contributed by atoms with Crippen molar-refractivity contribution in [2.24, 2.45) is 14.1 Å². The van der Waals surface area contributed by atoms with Gasteiger partial charge in [-0.15, -0.1) is 0 Å². The SMILES string of the molecule is CC(=O)N1CC(S(=O)(=O)c2ccc(OC(F)F)c(-c3nn(C)cc3NC(=O)c3cnn4cccnc34)c2)C1.CC(F)S(=O)(=O)c1ccc(OC(F)F)c(-c2nn(CC#N)cc2NC(=O)c2cnn3cccnc23)c1.CNS(=O)(=O)c1ccc(OC(F)F)c(-c2nn(C)cc2NC(=O)c2cnn3cccnc23)c1.CS(=O)(=O)c1ccc(OC(F)F)c(-c2nn(CC#N)cc2NC(=O)c2cnn3cccnc23)c1. The van der Waals surface area contributed by atoms with E-state index >= 15 is 0 Å². The normalized spacial score (nSPS) is 12.5. The molecule has 0 saturated carbocycles. The first-order valence-electron chi connectivity index (χ1n) is 40.3. The number of nitriles is 2. The second kappa shape index (κ2) is 41.4. The van der Waals surface area contributed by atoms with E-state index in [0.29, 0.717) is 11.3 Å². The smallest absolute Gasteiger partial charge is 0.387 e. The predicted molar refractivity (Wildman–Crippen MR) is 474 cm³/mol. The number of hydrogen-bond acceptors (Lipinski definition) is 31. The summed E-state index contributed by atoms with van der Waals surface area (Å²) in [7, 11) is -11.7. The minimum atomic E-state index is -4.46. The largest absolute Gasteiger partial charge is 0.434 e. The first kappa shape index (κ1) is 99.8. The molecule has 1 fully saturated rings. The summed E-state index contributed by atoms with van der Waals surface area (Å²) < 4.78 is 249. The van der Waals surface area contributed by atoms with Crippen LogP contribution in [0.25, 0.3) is 67.6 Å². The molecule has 0 bridgehead atoms. The van der Waals surface area contributed by atoms with Gasteiger partial charge in [-0.25, -0.2) is 80.8 Å². The number of carbonyl (C=O) groups excluding carboxylic acids is 5. The number of ether oxygens (including phenoxy) is 4. The summed E-state index contributed by atoms with van der Waals surface area (Å²) in [6.45, 7) is -11.1. The molecule has 1 aliphatic heterocycles. The highest BCUT2D eigenvalue weighted by molar-refractivity contribution is 7.92. The number of amides is 5. The van der Waals surface area contributed by atoms with Crippen molar-refractivity contribution in [2.45, 2.75) is 83.7 Å². The third-order valence-corrected chi connectivity index (χ3v) is 26.6. The van der Waals surface area contributed by atoms with Gasteiger partial charge in [-0.05, 0) is 111 Å². The van der Waals surface area contributed by atoms with Crippen LogP contribution < -0.4 is 44.9 Å². The molecule has 5 N–H and O–H groups in total. The van der Waals surface area contributed by atoms with E-state index in [1.165, 1.54) is 137 Å². The molecule has 0 radical (unpaired) electrons. The van der Waals surface area contributed by atoms with Crippen molar-refractivity contribution in [1.29, 1.82) is 10.5 Å². The van der Waals surface area contributed by atoms with Crippen molar-refractivity contribution in [3.8, 4) is 80.2 Å². The number of sulfone groups is 3. The maximum absolute atomic E-state index is 13.8. The number of benzene rings is 4. The number of aryl methyl sites for hydroxylation is 2. The van der Waals surface area contributed by atoms with Gasteiger partial charge in [-0.1, -0.05) is 0 Å². The van der Waals surface area contributed by atoms with E-state index in [-0.39, 0.29) is 165 Å². The fraction of sp³-hybridized carbons (Fsp3) is 0.193. The number of nitrogens with zero attached hydrogens (tertiary/aromatic N) is 23. The van der Waals surface area contributed by atoms with Crippen molar-refractivity contribution < 1.29 is 116 Å². The van der Waals surface area contributed by atoms with Crippen LogP contribution in [0.1, 0.15) is 55.3 Å². The molecule has 45 nitrogen and oxygen atoms in total. The minimum Gasteiger partial charge on any atom is -0.434 e. The molecular formula is C83H69F9N28O17S4. The molecule has 4 aromatic carbocycles. The van der Waals surface area contributed by atoms with Crippen LogP contribution in [0.15, 0.2) is 216 Å². The summed E-state index contributed by atoms with van der Waals surface area (Å²) in [5, 5.41) is 60.8. The Morgan fingerprint density at radius 1 is 0.440 bits per heavy atom. The minimum absolute atomic E-state index is 0.0111. The molecule has 0 aliphatic carbocycles. The molecule has 141 heavy (non-hydrogen) atoms. The Balaban J connectivity index is 0.000000150. The van der Waals surface area contributed by atoms with Gasteiger partial charge >= 0.3 is 26.4 Å². The van der Waals surface area contributed by atoms with Crippen LogP contribution in [0.2, 0.25) is 0 Å². The molecule has 16 aromatic rings. The maximum atomic E-state index is 13.8. The van der Waals surface area contributed by atoms with Gasteiger partial charge in [-0.3, -0.25) is 42.7 Å². The lowest BCUT2D eigenvalue weighted by Gasteiger charge is -2.38. The molecule has 1 unspecified atom stereocenters. The number of nitrogens with one attached hydrogen (secondary N) is 5. The molecule has 13 heterocycles. The maximum Gasteiger partial charge on any atom is 0.387 e. The number of hydrogen-bond donors (Lipinski definition) is 5. The third-order valence-electron chi connectivity index (χ3n) is 20.2. The average molecular weight is 2030 g/mol. The highest BCUT2D eigenvalue weighted by atomic mass is 32.2. The zero-order valence-electron chi connectivity index (χ0n) is 73.0. The molecule has 1 atom stereocenters. The zero-order chi connectivity index (χ0) is 101. The van der Waals surface area contributed by atoms with E-state index in [4.69, 9.17) is 10.5 Å². The number of halogens is 9. The molecule has 17 rings (SSSR count). The summed E-state index contributed by atoms with van der Waals surface area (Å²) in [4.78, 5) is 80.3. The van der Waals surface area contributed by atoms with Gasteiger partial charge in [-0.2, -0.15) is 86.4 Å². The second-order valence-corrected chi connectivity index (χ2v) is 37.9. The quantitative estimate of drug-likeness (QED) is 0.0272. The zero-order valence-corrected chi connectivity index (χ0v) is 76.3. The van der Waals surface area contributed by atoms with Gasteiger partial charge in [0, 0.05) is 125 Å². The lowest BCUT2D eigenvalue weighted by molar-refractivity contribution is -0.131. The molecule has 12 aromatic heterocycles. The summed E-state index contributed by atoms with van der Waals surface area (Å²) in [6.07, 6.45) is 24.0. The summed E-state index contributed by atoms with van der Waals surface area (Å²) in [5.74, 6) is -4.23. The standard InChI is InChI=1S/C23H21F2N7O5S.C21H16F3N7O4S.C20H15F2N7O4S.C19H17F2N7O4S/c1-13(33)31-10-15(11-31)38(35,36)14-4-5-19(37-23(24)25)16(8-14)20-18(12-30(2)29-20)28-22(34)17-9-27-32-7-3-6-26-21(17)32;1-12(22)36(33,34)13-3-4-17(35-21(23)24)14(9-13)18-16(11-30(29-18)8-5-25)28-20(32)15-10-27-31-7-2-6-26-19(15)31;1-34(31,32)12-3-4-16(33-20(21)22)13(9-12)17-15(11-28(27-17)8-5-23)26-19(30)14-10-25-29-7-2-6-24-18(14)29;1-22-33(30,31)11-4-5-15(32-19(20)21)12(8-11)16-14(10-27(2)26-16)25-18(29)13-9-24-28-7-3-6-23-17(13)28/h3-9,12,15,23H,10-11H2,1-2H3,(H,28,34);2-4,6-7,9-12,21H,8H2,1H3,(H,28,32);2-4,6-7,9-11,20H,8H2,1H3,(H,26,30);3-10,19,22H,1-2H3,(H,25,29). The van der Waals surface area contributed by atoms with E-state index in [0.717, 1.165) is 78.5 Å². The number of sulfonamides is 1. The summed E-state index contributed by atoms with van der Waals surface area (Å²) >= 11 is 0. The van der Waals surface area contributed by atoms with Crippen LogP contribution in [0.3, 0.4) is 0 Å². The first-order chi connectivity index (χ1) is 67.0. The molecule has 0 spiro atoms. The summed E-state index contributed by atoms with van der Waals surface area (Å²) in [6, 6.07) is 23.1. The van der Waals surface area contributed by atoms with Gasteiger partial charge in [0.25, 0.3) is 23.6 Å². The second-order valence-electron chi connectivity index (χ2n) is 29.5. The van der Waals surface area contributed by atoms with E-state index < -0.39 is 111 Å². The third kappa shape index (κ3) is 22.3. The van der Waals surface area contributed by atoms with E-state index in [1.54, 1.807) is 63.1 Å². The number of anilines is 4. The van der Waals surface area contributed by atoms with Gasteiger partial charge in [0.1, 0.15) is 86.4 Å². The Bertz CT molecular complexity index is 8110. The first-order valence-corrected chi connectivity index (χ1v) is 46.7. The van der Waals surface area contributed by atoms with E-state index in [9.17, 15) is 97.2 Å². The molecule has 58 heteroatoms. The fourth-order valence-electron chi connectivity index (χ4n) is 13.7. The molecule has 730 valence electrons. The van der Waals surface area contributed by atoms with Crippen LogP contribution in [-0.2, 0) is 71.5 Å². The number of likely N-dealkylation sites (tertiary alicyclic amines) is 1. The van der Waals surface area contributed by atoms with Crippen molar-refractivity contribution in [1.82, 2.24) is 107 Å². The molecule has 1 saturated heterocycles.